The number of para-hydroxylation sites is 1. The molecule has 4 aromatic carbocycles. The van der Waals surface area contributed by atoms with E-state index in [0.29, 0.717) is 40.5 Å². The first kappa shape index (κ1) is 23.9. The van der Waals surface area contributed by atoms with Crippen molar-refractivity contribution in [3.63, 3.8) is 0 Å². The summed E-state index contributed by atoms with van der Waals surface area (Å²) in [6.45, 7) is 2.51. The molecule has 0 fully saturated rings. The van der Waals surface area contributed by atoms with Crippen molar-refractivity contribution in [2.45, 2.75) is 24.9 Å². The molecular weight excluding hydrogens is 500 g/mol. The lowest BCUT2D eigenvalue weighted by atomic mass is 9.98. The van der Waals surface area contributed by atoms with E-state index in [1.54, 1.807) is 47.4 Å². The van der Waals surface area contributed by atoms with Gasteiger partial charge < -0.3 is 9.64 Å². The van der Waals surface area contributed by atoms with Crippen LogP contribution in [0.1, 0.15) is 37.4 Å². The Labute approximate surface area is 219 Å². The van der Waals surface area contributed by atoms with Crippen molar-refractivity contribution in [2.24, 2.45) is 0 Å². The number of carbonyl (C=O) groups is 2. The van der Waals surface area contributed by atoms with Crippen LogP contribution in [0.25, 0.3) is 21.8 Å². The topological polar surface area (TPSA) is 85.7 Å². The summed E-state index contributed by atoms with van der Waals surface area (Å²) in [4.78, 5) is 28.7. The molecule has 0 unspecified atom stereocenters. The summed E-state index contributed by atoms with van der Waals surface area (Å²) >= 11 is 0. The molecule has 2 heterocycles. The Kier molecular flexibility index (Phi) is 5.57. The largest absolute Gasteiger partial charge is 0.465 e. The number of esters is 1. The van der Waals surface area contributed by atoms with Crippen molar-refractivity contribution < 1.29 is 22.7 Å². The minimum atomic E-state index is -4.15. The van der Waals surface area contributed by atoms with Crippen molar-refractivity contribution >= 4 is 43.7 Å². The number of fused-ring (bicyclic) bond motifs is 5. The summed E-state index contributed by atoms with van der Waals surface area (Å²) in [5.41, 5.74) is 3.47. The molecule has 1 aliphatic rings. The molecule has 0 spiro atoms. The molecule has 0 radical (unpaired) electrons. The van der Waals surface area contributed by atoms with Crippen LogP contribution in [0.4, 0.5) is 0 Å². The van der Waals surface area contributed by atoms with Crippen LogP contribution in [0, 0.1) is 6.92 Å². The molecule has 7 nitrogen and oxygen atoms in total. The fourth-order valence-electron chi connectivity index (χ4n) is 5.32. The van der Waals surface area contributed by atoms with E-state index in [1.165, 1.54) is 17.1 Å². The Hall–Kier alpha value is -4.43. The van der Waals surface area contributed by atoms with E-state index in [2.05, 4.69) is 0 Å². The molecule has 5 aromatic rings. The number of amides is 1. The van der Waals surface area contributed by atoms with Crippen LogP contribution < -0.4 is 0 Å². The van der Waals surface area contributed by atoms with Gasteiger partial charge in [-0.25, -0.2) is 17.2 Å². The van der Waals surface area contributed by atoms with Crippen molar-refractivity contribution in [1.82, 2.24) is 8.87 Å². The lowest BCUT2D eigenvalue weighted by Crippen LogP contribution is -2.23. The second-order valence-electron chi connectivity index (χ2n) is 9.42. The predicted octanol–water partition coefficient (Wildman–Crippen LogP) is 5.28. The number of benzene rings is 4. The van der Waals surface area contributed by atoms with Crippen LogP contribution in [-0.2, 0) is 27.8 Å². The Balaban J connectivity index is 1.68. The van der Waals surface area contributed by atoms with Crippen LogP contribution in [0.5, 0.6) is 0 Å². The number of aromatic nitrogens is 1. The number of methoxy groups -OCH3 is 1. The quantitative estimate of drug-likeness (QED) is 0.292. The Morgan fingerprint density at radius 3 is 2.42 bits per heavy atom. The van der Waals surface area contributed by atoms with Gasteiger partial charge in [-0.1, -0.05) is 60.7 Å². The molecule has 0 atom stereocenters. The number of rotatable bonds is 5. The van der Waals surface area contributed by atoms with E-state index >= 15 is 0 Å². The highest BCUT2D eigenvalue weighted by Gasteiger charge is 2.36. The van der Waals surface area contributed by atoms with Crippen LogP contribution in [0.2, 0.25) is 0 Å². The highest BCUT2D eigenvalue weighted by atomic mass is 32.2. The minimum absolute atomic E-state index is 0.0912. The molecule has 38 heavy (non-hydrogen) atoms. The van der Waals surface area contributed by atoms with E-state index in [0.717, 1.165) is 11.1 Å². The summed E-state index contributed by atoms with van der Waals surface area (Å²) in [6.07, 6.45) is 0. The first-order valence-corrected chi connectivity index (χ1v) is 13.6. The van der Waals surface area contributed by atoms with Gasteiger partial charge in [-0.05, 0) is 47.9 Å². The zero-order valence-electron chi connectivity index (χ0n) is 20.8. The average Bonchev–Trinajstić information content (AvgIpc) is 3.43. The van der Waals surface area contributed by atoms with Gasteiger partial charge in [-0.15, -0.1) is 0 Å². The lowest BCUT2D eigenvalue weighted by Gasteiger charge is -2.15. The predicted molar refractivity (Wildman–Crippen MR) is 145 cm³/mol. The number of hydrogen-bond donors (Lipinski definition) is 0. The molecule has 1 amide bonds. The average molecular weight is 525 g/mol. The monoisotopic (exact) mass is 524 g/mol. The van der Waals surface area contributed by atoms with E-state index in [9.17, 15) is 18.0 Å². The molecule has 1 aliphatic heterocycles. The standard InChI is InChI=1S/C30H24N2O5S/c1-19-9-8-12-22(15-19)38(35,36)32-25-14-7-6-13-23(25)27-26-21(16-24(28(27)32)30(34)37-2)18-31(29(26)33)17-20-10-4-3-5-11-20/h3-16H,17-18H2,1-2H3. The second-order valence-corrected chi connectivity index (χ2v) is 11.2. The first-order chi connectivity index (χ1) is 18.3. The molecule has 0 saturated heterocycles. The van der Waals surface area contributed by atoms with Gasteiger partial charge in [-0.2, -0.15) is 0 Å². The zero-order chi connectivity index (χ0) is 26.6. The van der Waals surface area contributed by atoms with E-state index < -0.39 is 16.0 Å². The van der Waals surface area contributed by atoms with E-state index in [1.807, 2.05) is 43.3 Å². The molecule has 0 saturated carbocycles. The molecular formula is C30H24N2O5S. The number of ether oxygens (including phenoxy) is 1. The third-order valence-corrected chi connectivity index (χ3v) is 8.70. The highest BCUT2D eigenvalue weighted by molar-refractivity contribution is 7.90. The van der Waals surface area contributed by atoms with Gasteiger partial charge in [0.05, 0.1) is 34.2 Å². The second kappa shape index (κ2) is 8.85. The minimum Gasteiger partial charge on any atom is -0.465 e. The molecule has 6 rings (SSSR count). The molecule has 0 N–H and O–H groups in total. The van der Waals surface area contributed by atoms with Gasteiger partial charge in [0.25, 0.3) is 15.9 Å². The normalized spacial score (nSPS) is 13.3. The summed E-state index contributed by atoms with van der Waals surface area (Å²) in [7, 11) is -2.89. The van der Waals surface area contributed by atoms with Crippen LogP contribution in [-0.4, -0.2) is 36.3 Å². The van der Waals surface area contributed by atoms with Gasteiger partial charge in [0.1, 0.15) is 0 Å². The van der Waals surface area contributed by atoms with Crippen molar-refractivity contribution in [3.8, 4) is 0 Å². The van der Waals surface area contributed by atoms with Crippen molar-refractivity contribution in [1.29, 1.82) is 0 Å². The van der Waals surface area contributed by atoms with Crippen LogP contribution >= 0.6 is 0 Å². The Bertz CT molecular complexity index is 1870. The molecule has 0 bridgehead atoms. The van der Waals surface area contributed by atoms with Crippen molar-refractivity contribution in [3.05, 3.63) is 113 Å². The lowest BCUT2D eigenvalue weighted by molar-refractivity contribution is 0.0602. The van der Waals surface area contributed by atoms with Crippen molar-refractivity contribution in [2.75, 3.05) is 7.11 Å². The number of carbonyl (C=O) groups excluding carboxylic acids is 2. The molecule has 8 heteroatoms. The van der Waals surface area contributed by atoms with Gasteiger partial charge in [0.2, 0.25) is 0 Å². The summed E-state index contributed by atoms with van der Waals surface area (Å²) < 4.78 is 34.6. The SMILES string of the molecule is COC(=O)c1cc2c(c3c4ccccc4n(S(=O)(=O)c4cccc(C)c4)c13)C(=O)N(Cc1ccccc1)C2. The van der Waals surface area contributed by atoms with E-state index in [-0.39, 0.29) is 21.9 Å². The molecule has 1 aromatic heterocycles. The Morgan fingerprint density at radius 1 is 0.947 bits per heavy atom. The molecule has 0 aliphatic carbocycles. The van der Waals surface area contributed by atoms with Gasteiger partial charge in [0.15, 0.2) is 0 Å². The highest BCUT2D eigenvalue weighted by Crippen LogP contribution is 2.41. The number of hydrogen-bond acceptors (Lipinski definition) is 5. The maximum Gasteiger partial charge on any atom is 0.340 e. The fourth-order valence-corrected chi connectivity index (χ4v) is 6.96. The number of nitrogens with zero attached hydrogens (tertiary/aromatic N) is 2. The smallest absolute Gasteiger partial charge is 0.340 e. The summed E-state index contributed by atoms with van der Waals surface area (Å²) in [5.74, 6) is -0.878. The third kappa shape index (κ3) is 3.60. The summed E-state index contributed by atoms with van der Waals surface area (Å²) in [5, 5.41) is 1.02. The first-order valence-electron chi connectivity index (χ1n) is 12.1. The molecule has 190 valence electrons. The van der Waals surface area contributed by atoms with Gasteiger partial charge in [0, 0.05) is 23.9 Å². The van der Waals surface area contributed by atoms with Gasteiger partial charge in [-0.3, -0.25) is 4.79 Å². The van der Waals surface area contributed by atoms with Crippen LogP contribution in [0.3, 0.4) is 0 Å². The van der Waals surface area contributed by atoms with Crippen LogP contribution in [0.15, 0.2) is 89.8 Å². The number of aryl methyl sites for hydroxylation is 1. The summed E-state index contributed by atoms with van der Waals surface area (Å²) in [6, 6.07) is 24.9. The third-order valence-electron chi connectivity index (χ3n) is 6.99. The fraction of sp³-hybridized carbons (Fsp3) is 0.133. The van der Waals surface area contributed by atoms with Gasteiger partial charge >= 0.3 is 5.97 Å². The maximum absolute atomic E-state index is 14.1. The maximum atomic E-state index is 14.1. The Morgan fingerprint density at radius 2 is 1.68 bits per heavy atom. The van der Waals surface area contributed by atoms with E-state index in [4.69, 9.17) is 4.74 Å². The zero-order valence-corrected chi connectivity index (χ0v) is 21.7.